The second-order valence-corrected chi connectivity index (χ2v) is 5.85. The van der Waals surface area contributed by atoms with Crippen molar-refractivity contribution in [1.29, 1.82) is 0 Å². The molecule has 1 amide bonds. The molecule has 2 N–H and O–H groups in total. The van der Waals surface area contributed by atoms with Crippen molar-refractivity contribution in [3.63, 3.8) is 0 Å². The molecule has 0 aromatic heterocycles. The van der Waals surface area contributed by atoms with E-state index in [-0.39, 0.29) is 18.6 Å². The van der Waals surface area contributed by atoms with Crippen LogP contribution in [-0.4, -0.2) is 41.7 Å². The smallest absolute Gasteiger partial charge is 0.256 e. The Morgan fingerprint density at radius 1 is 1.30 bits per heavy atom. The molecule has 1 atom stereocenters. The number of nitrogens with zero attached hydrogens (tertiary/aromatic N) is 1. The maximum atomic E-state index is 12.7. The van der Waals surface area contributed by atoms with Gasteiger partial charge in [0.25, 0.3) is 5.91 Å². The first-order valence-electron chi connectivity index (χ1n) is 7.54. The first-order chi connectivity index (χ1) is 9.79. The quantitative estimate of drug-likeness (QED) is 0.864. The van der Waals surface area contributed by atoms with E-state index in [0.29, 0.717) is 0 Å². The van der Waals surface area contributed by atoms with Gasteiger partial charge in [0.2, 0.25) is 0 Å². The summed E-state index contributed by atoms with van der Waals surface area (Å²) in [5.41, 5.74) is 1.65. The van der Waals surface area contributed by atoms with E-state index in [0.717, 1.165) is 43.1 Å². The number of nitrogens with one attached hydrogen (secondary N) is 1. The molecule has 4 heteroatoms. The van der Waals surface area contributed by atoms with Gasteiger partial charge in [-0.3, -0.25) is 4.79 Å². The van der Waals surface area contributed by atoms with Gasteiger partial charge in [0.05, 0.1) is 18.2 Å². The Labute approximate surface area is 119 Å². The second-order valence-electron chi connectivity index (χ2n) is 5.85. The fourth-order valence-corrected chi connectivity index (χ4v) is 2.85. The van der Waals surface area contributed by atoms with E-state index in [1.807, 2.05) is 29.2 Å². The monoisotopic (exact) mass is 274 g/mol. The van der Waals surface area contributed by atoms with E-state index in [1.54, 1.807) is 0 Å². The third-order valence-electron chi connectivity index (χ3n) is 4.28. The Morgan fingerprint density at radius 2 is 2.10 bits per heavy atom. The molecular formula is C16H22N2O2. The van der Waals surface area contributed by atoms with Crippen LogP contribution in [0.4, 0.5) is 5.69 Å². The second kappa shape index (κ2) is 5.83. The Hall–Kier alpha value is -1.55. The fraction of sp³-hybridized carbons (Fsp3) is 0.562. The molecule has 0 radical (unpaired) electrons. The summed E-state index contributed by atoms with van der Waals surface area (Å²) in [6.45, 7) is 1.76. The van der Waals surface area contributed by atoms with Crippen molar-refractivity contribution in [3.8, 4) is 0 Å². The summed E-state index contributed by atoms with van der Waals surface area (Å²) in [5, 5.41) is 12.8. The molecule has 1 aliphatic carbocycles. The van der Waals surface area contributed by atoms with Crippen LogP contribution in [0.15, 0.2) is 24.3 Å². The molecule has 1 aromatic rings. The average molecular weight is 274 g/mol. The van der Waals surface area contributed by atoms with Gasteiger partial charge in [-0.25, -0.2) is 0 Å². The standard InChI is InChI=1S/C16H22N2O2/c19-11-13-4-3-9-18(13)16(20)14-5-1-2-6-15(14)17-10-12-7-8-12/h1-2,5-6,12-13,17,19H,3-4,7-11H2. The average Bonchev–Trinajstić information content (AvgIpc) is 3.19. The third-order valence-corrected chi connectivity index (χ3v) is 4.28. The third kappa shape index (κ3) is 2.80. The van der Waals surface area contributed by atoms with Crippen LogP contribution in [0.1, 0.15) is 36.0 Å². The minimum atomic E-state index is -0.0148. The topological polar surface area (TPSA) is 52.6 Å². The molecule has 1 heterocycles. The molecule has 1 saturated carbocycles. The van der Waals surface area contributed by atoms with Crippen molar-refractivity contribution >= 4 is 11.6 Å². The SMILES string of the molecule is O=C(c1ccccc1NCC1CC1)N1CCCC1CO. The number of amides is 1. The highest BCUT2D eigenvalue weighted by Gasteiger charge is 2.30. The summed E-state index contributed by atoms with van der Waals surface area (Å²) in [6.07, 6.45) is 4.47. The molecule has 1 aromatic carbocycles. The van der Waals surface area contributed by atoms with E-state index < -0.39 is 0 Å². The number of aliphatic hydroxyl groups is 1. The van der Waals surface area contributed by atoms with Crippen molar-refractivity contribution in [2.24, 2.45) is 5.92 Å². The zero-order valence-corrected chi connectivity index (χ0v) is 11.7. The summed E-state index contributed by atoms with van der Waals surface area (Å²) in [7, 11) is 0. The van der Waals surface area contributed by atoms with Crippen LogP contribution in [0.3, 0.4) is 0 Å². The highest BCUT2D eigenvalue weighted by Crippen LogP contribution is 2.30. The summed E-state index contributed by atoms with van der Waals surface area (Å²) < 4.78 is 0. The van der Waals surface area contributed by atoms with Crippen molar-refractivity contribution in [2.45, 2.75) is 31.7 Å². The van der Waals surface area contributed by atoms with Gasteiger partial charge in [0.15, 0.2) is 0 Å². The molecule has 2 aliphatic rings. The van der Waals surface area contributed by atoms with Gasteiger partial charge < -0.3 is 15.3 Å². The highest BCUT2D eigenvalue weighted by molar-refractivity contribution is 5.99. The van der Waals surface area contributed by atoms with Gasteiger partial charge in [-0.2, -0.15) is 0 Å². The predicted octanol–water partition coefficient (Wildman–Crippen LogP) is 2.11. The molecule has 108 valence electrons. The lowest BCUT2D eigenvalue weighted by atomic mass is 10.1. The van der Waals surface area contributed by atoms with Crippen LogP contribution >= 0.6 is 0 Å². The lowest BCUT2D eigenvalue weighted by Crippen LogP contribution is -2.38. The number of para-hydroxylation sites is 1. The van der Waals surface area contributed by atoms with Crippen molar-refractivity contribution in [1.82, 2.24) is 4.90 Å². The molecule has 2 fully saturated rings. The molecular weight excluding hydrogens is 252 g/mol. The van der Waals surface area contributed by atoms with Crippen LogP contribution in [0.2, 0.25) is 0 Å². The number of rotatable bonds is 5. The van der Waals surface area contributed by atoms with Gasteiger partial charge in [-0.1, -0.05) is 12.1 Å². The Kier molecular flexibility index (Phi) is 3.92. The van der Waals surface area contributed by atoms with Crippen LogP contribution in [0, 0.1) is 5.92 Å². The van der Waals surface area contributed by atoms with Crippen LogP contribution in [0.5, 0.6) is 0 Å². The highest BCUT2D eigenvalue weighted by atomic mass is 16.3. The summed E-state index contributed by atoms with van der Waals surface area (Å²) in [4.78, 5) is 14.5. The van der Waals surface area contributed by atoms with E-state index in [4.69, 9.17) is 0 Å². The van der Waals surface area contributed by atoms with Crippen LogP contribution in [0.25, 0.3) is 0 Å². The number of anilines is 1. The molecule has 0 bridgehead atoms. The molecule has 1 saturated heterocycles. The number of aliphatic hydroxyl groups excluding tert-OH is 1. The first-order valence-corrected chi connectivity index (χ1v) is 7.54. The number of carbonyl (C=O) groups excluding carboxylic acids is 1. The lowest BCUT2D eigenvalue weighted by molar-refractivity contribution is 0.0678. The Bertz CT molecular complexity index is 485. The van der Waals surface area contributed by atoms with Gasteiger partial charge >= 0.3 is 0 Å². The van der Waals surface area contributed by atoms with E-state index in [1.165, 1.54) is 12.8 Å². The zero-order valence-electron chi connectivity index (χ0n) is 11.7. The zero-order chi connectivity index (χ0) is 13.9. The predicted molar refractivity (Wildman–Crippen MR) is 78.8 cm³/mol. The van der Waals surface area contributed by atoms with Crippen molar-refractivity contribution in [3.05, 3.63) is 29.8 Å². The Morgan fingerprint density at radius 3 is 2.85 bits per heavy atom. The van der Waals surface area contributed by atoms with E-state index >= 15 is 0 Å². The fourth-order valence-electron chi connectivity index (χ4n) is 2.85. The minimum Gasteiger partial charge on any atom is -0.394 e. The summed E-state index contributed by atoms with van der Waals surface area (Å²) in [6, 6.07) is 7.70. The number of benzene rings is 1. The number of likely N-dealkylation sites (tertiary alicyclic amines) is 1. The van der Waals surface area contributed by atoms with Crippen molar-refractivity contribution < 1.29 is 9.90 Å². The number of hydrogen-bond donors (Lipinski definition) is 2. The maximum absolute atomic E-state index is 12.7. The first kappa shape index (κ1) is 13.4. The minimum absolute atomic E-state index is 0.0148. The summed E-state index contributed by atoms with van der Waals surface area (Å²) >= 11 is 0. The van der Waals surface area contributed by atoms with Gasteiger partial charge in [0.1, 0.15) is 0 Å². The molecule has 1 unspecified atom stereocenters. The number of hydrogen-bond acceptors (Lipinski definition) is 3. The van der Waals surface area contributed by atoms with Gasteiger partial charge in [-0.05, 0) is 43.7 Å². The molecule has 0 spiro atoms. The maximum Gasteiger partial charge on any atom is 0.256 e. The number of carbonyl (C=O) groups is 1. The molecule has 1 aliphatic heterocycles. The van der Waals surface area contributed by atoms with E-state index in [2.05, 4.69) is 5.32 Å². The lowest BCUT2D eigenvalue weighted by Gasteiger charge is -2.24. The van der Waals surface area contributed by atoms with Crippen LogP contribution in [-0.2, 0) is 0 Å². The van der Waals surface area contributed by atoms with Crippen LogP contribution < -0.4 is 5.32 Å². The van der Waals surface area contributed by atoms with Crippen molar-refractivity contribution in [2.75, 3.05) is 25.0 Å². The Balaban J connectivity index is 1.75. The largest absolute Gasteiger partial charge is 0.394 e. The summed E-state index contributed by atoms with van der Waals surface area (Å²) in [5.74, 6) is 0.815. The van der Waals surface area contributed by atoms with Gasteiger partial charge in [-0.15, -0.1) is 0 Å². The molecule has 3 rings (SSSR count). The molecule has 4 nitrogen and oxygen atoms in total. The molecule has 20 heavy (non-hydrogen) atoms. The van der Waals surface area contributed by atoms with E-state index in [9.17, 15) is 9.90 Å². The van der Waals surface area contributed by atoms with Gasteiger partial charge in [0, 0.05) is 18.8 Å². The normalized spacial score (nSPS) is 22.1.